The Hall–Kier alpha value is -1.50. The molecule has 0 bridgehead atoms. The van der Waals surface area contributed by atoms with Gasteiger partial charge in [-0.25, -0.2) is 0 Å². The molecule has 0 fully saturated rings. The molecule has 23 heavy (non-hydrogen) atoms. The van der Waals surface area contributed by atoms with Gasteiger partial charge in [0.05, 0.1) is 25.0 Å². The third-order valence-electron chi connectivity index (χ3n) is 4.54. The topological polar surface area (TPSA) is 55.1 Å². The largest absolute Gasteiger partial charge is 0.418 e. The summed E-state index contributed by atoms with van der Waals surface area (Å²) in [5.74, 6) is -0.290. The first-order chi connectivity index (χ1) is 10.1. The fourth-order valence-corrected chi connectivity index (χ4v) is 3.42. The first-order valence-electron chi connectivity index (χ1n) is 7.42. The highest BCUT2D eigenvalue weighted by Crippen LogP contribution is 2.40. The molecule has 0 aliphatic rings. The molecule has 3 nitrogen and oxygen atoms in total. The molecule has 0 saturated heterocycles. The van der Waals surface area contributed by atoms with E-state index in [1.165, 1.54) is 13.0 Å². The van der Waals surface area contributed by atoms with E-state index in [1.807, 2.05) is 0 Å². The van der Waals surface area contributed by atoms with Crippen LogP contribution in [0.2, 0.25) is 24.2 Å². The summed E-state index contributed by atoms with van der Waals surface area (Å²) in [4.78, 5) is 12.3. The first kappa shape index (κ1) is 19.5. The normalized spacial score (nSPS) is 13.1. The summed E-state index contributed by atoms with van der Waals surface area (Å²) >= 11 is 0. The van der Waals surface area contributed by atoms with Gasteiger partial charge in [-0.05, 0) is 29.7 Å². The Labute approximate surface area is 136 Å². The molecule has 0 atom stereocenters. The first-order valence-corrected chi connectivity index (χ1v) is 10.6. The van der Waals surface area contributed by atoms with Crippen molar-refractivity contribution in [1.29, 1.82) is 0 Å². The molecule has 1 aromatic rings. The van der Waals surface area contributed by atoms with E-state index in [1.54, 1.807) is 0 Å². The summed E-state index contributed by atoms with van der Waals surface area (Å²) < 4.78 is 39.0. The zero-order valence-corrected chi connectivity index (χ0v) is 15.5. The average Bonchev–Trinajstić information content (AvgIpc) is 2.29. The molecular formula is C16H25F3N2OSi. The monoisotopic (exact) mass is 346 g/mol. The van der Waals surface area contributed by atoms with Gasteiger partial charge in [0, 0.05) is 6.04 Å². The van der Waals surface area contributed by atoms with Crippen LogP contribution in [0.4, 0.5) is 24.5 Å². The van der Waals surface area contributed by atoms with Crippen LogP contribution in [-0.4, -0.2) is 14.0 Å². The van der Waals surface area contributed by atoms with Crippen molar-refractivity contribution in [3.05, 3.63) is 23.3 Å². The summed E-state index contributed by atoms with van der Waals surface area (Å²) in [7, 11) is -1.88. The number of halogens is 3. The maximum absolute atomic E-state index is 13.0. The SMILES string of the molecule is Cc1cc(NC(=O)C[Si](C)(C)C(C)(C)C)c(N)c(C(F)(F)F)c1. The van der Waals surface area contributed by atoms with E-state index in [9.17, 15) is 18.0 Å². The van der Waals surface area contributed by atoms with Crippen LogP contribution in [0.3, 0.4) is 0 Å². The molecule has 0 aliphatic carbocycles. The summed E-state index contributed by atoms with van der Waals surface area (Å²) in [6.45, 7) is 12.0. The van der Waals surface area contributed by atoms with Gasteiger partial charge in [0.2, 0.25) is 5.91 Å². The zero-order valence-electron chi connectivity index (χ0n) is 14.5. The highest BCUT2D eigenvalue weighted by atomic mass is 28.3. The van der Waals surface area contributed by atoms with Crippen molar-refractivity contribution in [3.63, 3.8) is 0 Å². The molecule has 3 N–H and O–H groups in total. The van der Waals surface area contributed by atoms with Gasteiger partial charge >= 0.3 is 6.18 Å². The Balaban J connectivity index is 3.07. The number of carbonyl (C=O) groups excluding carboxylic acids is 1. The van der Waals surface area contributed by atoms with Crippen molar-refractivity contribution in [2.45, 2.75) is 58.0 Å². The number of nitrogens with two attached hydrogens (primary N) is 1. The summed E-state index contributed by atoms with van der Waals surface area (Å²) in [5, 5.41) is 2.58. The van der Waals surface area contributed by atoms with Gasteiger partial charge < -0.3 is 11.1 Å². The molecule has 0 heterocycles. The van der Waals surface area contributed by atoms with Gasteiger partial charge in [0.15, 0.2) is 0 Å². The lowest BCUT2D eigenvalue weighted by Crippen LogP contribution is -2.40. The van der Waals surface area contributed by atoms with Gasteiger partial charge in [-0.3, -0.25) is 4.79 Å². The molecule has 0 radical (unpaired) electrons. The van der Waals surface area contributed by atoms with Crippen LogP contribution in [0.15, 0.2) is 12.1 Å². The predicted molar refractivity (Wildman–Crippen MR) is 91.2 cm³/mol. The predicted octanol–water partition coefficient (Wildman–Crippen LogP) is 5.04. The average molecular weight is 346 g/mol. The van der Waals surface area contributed by atoms with Crippen LogP contribution in [0.1, 0.15) is 31.9 Å². The molecule has 0 saturated carbocycles. The van der Waals surface area contributed by atoms with E-state index in [4.69, 9.17) is 5.73 Å². The van der Waals surface area contributed by atoms with Crippen molar-refractivity contribution in [2.24, 2.45) is 0 Å². The van der Waals surface area contributed by atoms with Crippen LogP contribution in [0, 0.1) is 6.92 Å². The van der Waals surface area contributed by atoms with Crippen molar-refractivity contribution in [1.82, 2.24) is 0 Å². The standard InChI is InChI=1S/C16H25F3N2OSi/c1-10-7-11(16(17,18)19)14(20)12(8-10)21-13(22)9-23(5,6)15(2,3)4/h7-8H,9,20H2,1-6H3,(H,21,22). The van der Waals surface area contributed by atoms with E-state index in [0.29, 0.717) is 11.6 Å². The lowest BCUT2D eigenvalue weighted by Gasteiger charge is -2.36. The van der Waals surface area contributed by atoms with E-state index in [-0.39, 0.29) is 16.6 Å². The minimum Gasteiger partial charge on any atom is -0.397 e. The molecule has 7 heteroatoms. The second-order valence-corrected chi connectivity index (χ2v) is 13.3. The fraction of sp³-hybridized carbons (Fsp3) is 0.562. The van der Waals surface area contributed by atoms with Gasteiger partial charge in [0.25, 0.3) is 0 Å². The maximum Gasteiger partial charge on any atom is 0.418 e. The number of alkyl halides is 3. The number of hydrogen-bond acceptors (Lipinski definition) is 2. The molecule has 1 amide bonds. The quantitative estimate of drug-likeness (QED) is 0.595. The third-order valence-corrected chi connectivity index (χ3v) is 9.80. The Kier molecular flexibility index (Phi) is 5.25. The summed E-state index contributed by atoms with van der Waals surface area (Å²) in [6, 6.07) is 2.78. The molecule has 0 aliphatic heterocycles. The molecule has 0 spiro atoms. The van der Waals surface area contributed by atoms with Crippen LogP contribution in [0.25, 0.3) is 0 Å². The Morgan fingerprint density at radius 2 is 1.74 bits per heavy atom. The van der Waals surface area contributed by atoms with Crippen molar-refractivity contribution in [3.8, 4) is 0 Å². The Bertz CT molecular complexity index is 605. The number of nitrogens with one attached hydrogen (secondary N) is 1. The van der Waals surface area contributed by atoms with E-state index in [2.05, 4.69) is 39.2 Å². The van der Waals surface area contributed by atoms with Gasteiger partial charge in [-0.1, -0.05) is 33.9 Å². The van der Waals surface area contributed by atoms with E-state index in [0.717, 1.165) is 6.07 Å². The van der Waals surface area contributed by atoms with Gasteiger partial charge in [0.1, 0.15) is 0 Å². The van der Waals surface area contributed by atoms with Crippen LogP contribution in [-0.2, 0) is 11.0 Å². The van der Waals surface area contributed by atoms with Gasteiger partial charge in [-0.15, -0.1) is 0 Å². The van der Waals surface area contributed by atoms with Crippen molar-refractivity contribution >= 4 is 25.4 Å². The highest BCUT2D eigenvalue weighted by molar-refractivity contribution is 6.82. The lowest BCUT2D eigenvalue weighted by atomic mass is 10.1. The third kappa shape index (κ3) is 4.73. The zero-order chi connectivity index (χ0) is 18.2. The molecule has 1 rings (SSSR count). The lowest BCUT2D eigenvalue weighted by molar-refractivity contribution is -0.137. The molecular weight excluding hydrogens is 321 g/mol. The number of amides is 1. The fourth-order valence-electron chi connectivity index (χ4n) is 2.00. The summed E-state index contributed by atoms with van der Waals surface area (Å²) in [5.41, 5.74) is 4.68. The molecule has 0 unspecified atom stereocenters. The van der Waals surface area contributed by atoms with Crippen molar-refractivity contribution < 1.29 is 18.0 Å². The van der Waals surface area contributed by atoms with E-state index >= 15 is 0 Å². The van der Waals surface area contributed by atoms with Gasteiger partial charge in [-0.2, -0.15) is 13.2 Å². The second-order valence-electron chi connectivity index (χ2n) is 7.63. The highest BCUT2D eigenvalue weighted by Gasteiger charge is 2.37. The summed E-state index contributed by atoms with van der Waals surface area (Å²) in [6.07, 6.45) is -4.55. The molecule has 1 aromatic carbocycles. The Morgan fingerprint density at radius 3 is 2.17 bits per heavy atom. The number of carbonyl (C=O) groups is 1. The number of rotatable bonds is 3. The number of anilines is 2. The number of aryl methyl sites for hydroxylation is 1. The molecule has 0 aromatic heterocycles. The van der Waals surface area contributed by atoms with Crippen LogP contribution in [0.5, 0.6) is 0 Å². The van der Waals surface area contributed by atoms with E-state index < -0.39 is 25.5 Å². The second kappa shape index (κ2) is 6.18. The maximum atomic E-state index is 13.0. The number of benzene rings is 1. The van der Waals surface area contributed by atoms with Crippen molar-refractivity contribution in [2.75, 3.05) is 11.1 Å². The minimum absolute atomic E-state index is 0.0135. The minimum atomic E-state index is -4.55. The Morgan fingerprint density at radius 1 is 1.22 bits per heavy atom. The smallest absolute Gasteiger partial charge is 0.397 e. The van der Waals surface area contributed by atoms with Crippen LogP contribution >= 0.6 is 0 Å². The molecule has 130 valence electrons. The number of nitrogen functional groups attached to an aromatic ring is 1. The van der Waals surface area contributed by atoms with Crippen LogP contribution < -0.4 is 11.1 Å². The number of hydrogen-bond donors (Lipinski definition) is 2.